The lowest BCUT2D eigenvalue weighted by Crippen LogP contribution is -2.49. The predicted molar refractivity (Wildman–Crippen MR) is 111 cm³/mol. The summed E-state index contributed by atoms with van der Waals surface area (Å²) in [5, 5.41) is 7.77. The predicted octanol–water partition coefficient (Wildman–Crippen LogP) is 3.72. The van der Waals surface area contributed by atoms with E-state index in [9.17, 15) is 0 Å². The molecule has 0 aliphatic carbocycles. The lowest BCUT2D eigenvalue weighted by atomic mass is 9.84. The van der Waals surface area contributed by atoms with Crippen molar-refractivity contribution in [3.63, 3.8) is 0 Å². The van der Waals surface area contributed by atoms with Crippen LogP contribution in [0.15, 0.2) is 29.3 Å². The summed E-state index contributed by atoms with van der Waals surface area (Å²) in [6.45, 7) is 5.14. The number of nitrogens with zero attached hydrogens (tertiary/aromatic N) is 1. The molecule has 1 aromatic carbocycles. The van der Waals surface area contributed by atoms with E-state index in [1.54, 1.807) is 0 Å². The molecule has 2 bridgehead atoms. The van der Waals surface area contributed by atoms with Crippen molar-refractivity contribution in [1.82, 2.24) is 10.6 Å². The Hall–Kier alpha value is -0.530. The smallest absolute Gasteiger partial charge is 0.191 e. The van der Waals surface area contributed by atoms with Crippen LogP contribution in [0.2, 0.25) is 5.02 Å². The summed E-state index contributed by atoms with van der Waals surface area (Å²) in [6.07, 6.45) is 4.23. The number of ether oxygens (including phenoxy) is 1. The molecule has 2 N–H and O–H groups in total. The van der Waals surface area contributed by atoms with E-state index in [1.807, 2.05) is 25.2 Å². The number of hydrogen-bond donors (Lipinski definition) is 2. The lowest BCUT2D eigenvalue weighted by molar-refractivity contribution is 0.0992. The quantitative estimate of drug-likeness (QED) is 0.406. The Morgan fingerprint density at radius 3 is 2.67 bits per heavy atom. The van der Waals surface area contributed by atoms with Crippen molar-refractivity contribution in [2.45, 2.75) is 56.8 Å². The van der Waals surface area contributed by atoms with E-state index >= 15 is 0 Å². The van der Waals surface area contributed by atoms with E-state index in [2.05, 4.69) is 35.5 Å². The first-order valence-electron chi connectivity index (χ1n) is 8.37. The van der Waals surface area contributed by atoms with Gasteiger partial charge in [0.25, 0.3) is 0 Å². The first-order valence-corrected chi connectivity index (χ1v) is 8.75. The first-order chi connectivity index (χ1) is 11.0. The van der Waals surface area contributed by atoms with Crippen LogP contribution in [0.5, 0.6) is 0 Å². The SMILES string of the molecule is CN=C(NCC(C)(C)c1ccccc1Cl)NC1CC2CCC1O2.I. The van der Waals surface area contributed by atoms with Crippen LogP contribution in [-0.2, 0) is 10.2 Å². The van der Waals surface area contributed by atoms with Crippen molar-refractivity contribution in [3.8, 4) is 0 Å². The molecule has 3 atom stereocenters. The molecule has 2 heterocycles. The molecule has 3 unspecified atom stereocenters. The Morgan fingerprint density at radius 1 is 1.33 bits per heavy atom. The third-order valence-electron chi connectivity index (χ3n) is 4.95. The lowest BCUT2D eigenvalue weighted by Gasteiger charge is -2.29. The normalized spacial score (nSPS) is 26.2. The maximum absolute atomic E-state index is 6.35. The highest BCUT2D eigenvalue weighted by atomic mass is 127. The van der Waals surface area contributed by atoms with E-state index in [-0.39, 0.29) is 29.4 Å². The molecule has 2 aliphatic rings. The van der Waals surface area contributed by atoms with Gasteiger partial charge in [-0.3, -0.25) is 4.99 Å². The van der Waals surface area contributed by atoms with Crippen LogP contribution in [0.3, 0.4) is 0 Å². The number of rotatable bonds is 4. The van der Waals surface area contributed by atoms with Gasteiger partial charge in [-0.1, -0.05) is 43.6 Å². The molecule has 2 aliphatic heterocycles. The van der Waals surface area contributed by atoms with Gasteiger partial charge in [-0.25, -0.2) is 0 Å². The molecule has 4 nitrogen and oxygen atoms in total. The van der Waals surface area contributed by atoms with Crippen LogP contribution in [0, 0.1) is 0 Å². The van der Waals surface area contributed by atoms with E-state index < -0.39 is 0 Å². The zero-order valence-electron chi connectivity index (χ0n) is 14.5. The van der Waals surface area contributed by atoms with E-state index in [1.165, 1.54) is 6.42 Å². The van der Waals surface area contributed by atoms with Crippen LogP contribution in [-0.4, -0.2) is 37.8 Å². The summed E-state index contributed by atoms with van der Waals surface area (Å²) in [7, 11) is 1.81. The summed E-state index contributed by atoms with van der Waals surface area (Å²) in [4.78, 5) is 4.36. The summed E-state index contributed by atoms with van der Waals surface area (Å²) in [5.41, 5.74) is 1.06. The fraction of sp³-hybridized carbons (Fsp3) is 0.611. The Labute approximate surface area is 166 Å². The second kappa shape index (κ2) is 8.23. The molecule has 6 heteroatoms. The molecule has 0 radical (unpaired) electrons. The Morgan fingerprint density at radius 2 is 2.08 bits per heavy atom. The average Bonchev–Trinajstić information content (AvgIpc) is 3.14. The van der Waals surface area contributed by atoms with Crippen molar-refractivity contribution in [1.29, 1.82) is 0 Å². The zero-order chi connectivity index (χ0) is 16.4. The summed E-state index contributed by atoms with van der Waals surface area (Å²) in [6, 6.07) is 8.40. The largest absolute Gasteiger partial charge is 0.373 e. The van der Waals surface area contributed by atoms with E-state index in [4.69, 9.17) is 16.3 Å². The van der Waals surface area contributed by atoms with Gasteiger partial charge in [0.15, 0.2) is 5.96 Å². The Bertz CT molecular complexity index is 593. The zero-order valence-corrected chi connectivity index (χ0v) is 17.6. The van der Waals surface area contributed by atoms with Crippen molar-refractivity contribution in [2.24, 2.45) is 4.99 Å². The van der Waals surface area contributed by atoms with Gasteiger partial charge < -0.3 is 15.4 Å². The Balaban J connectivity index is 0.00000208. The van der Waals surface area contributed by atoms with Crippen LogP contribution in [0.4, 0.5) is 0 Å². The summed E-state index contributed by atoms with van der Waals surface area (Å²) in [5.74, 6) is 0.839. The molecular weight excluding hydrogens is 437 g/mol. The van der Waals surface area contributed by atoms with Gasteiger partial charge in [0.05, 0.1) is 18.2 Å². The molecule has 24 heavy (non-hydrogen) atoms. The molecule has 134 valence electrons. The fourth-order valence-electron chi connectivity index (χ4n) is 3.57. The highest BCUT2D eigenvalue weighted by Gasteiger charge is 2.41. The third-order valence-corrected chi connectivity index (χ3v) is 5.28. The van der Waals surface area contributed by atoms with Crippen molar-refractivity contribution in [2.75, 3.05) is 13.6 Å². The second-order valence-electron chi connectivity index (χ2n) is 7.15. The Kier molecular flexibility index (Phi) is 6.79. The fourth-order valence-corrected chi connectivity index (χ4v) is 3.96. The number of guanidine groups is 1. The summed E-state index contributed by atoms with van der Waals surface area (Å²) >= 11 is 6.35. The summed E-state index contributed by atoms with van der Waals surface area (Å²) < 4.78 is 5.90. The van der Waals surface area contributed by atoms with Gasteiger partial charge in [-0.2, -0.15) is 0 Å². The van der Waals surface area contributed by atoms with Gasteiger partial charge in [0.2, 0.25) is 0 Å². The molecule has 2 fully saturated rings. The third kappa shape index (κ3) is 4.35. The minimum atomic E-state index is -0.0822. The maximum atomic E-state index is 6.35. The highest BCUT2D eigenvalue weighted by molar-refractivity contribution is 14.0. The van der Waals surface area contributed by atoms with Crippen LogP contribution in [0.25, 0.3) is 0 Å². The van der Waals surface area contributed by atoms with Gasteiger partial charge >= 0.3 is 0 Å². The minimum Gasteiger partial charge on any atom is -0.373 e. The molecule has 1 aromatic rings. The molecule has 3 rings (SSSR count). The minimum absolute atomic E-state index is 0. The molecule has 0 amide bonds. The van der Waals surface area contributed by atoms with Gasteiger partial charge in [0, 0.05) is 24.0 Å². The number of aliphatic imine (C=N–C) groups is 1. The van der Waals surface area contributed by atoms with Crippen LogP contribution >= 0.6 is 35.6 Å². The molecule has 0 saturated carbocycles. The number of fused-ring (bicyclic) bond motifs is 2. The van der Waals surface area contributed by atoms with Gasteiger partial charge in [0.1, 0.15) is 0 Å². The van der Waals surface area contributed by atoms with Crippen LogP contribution in [0.1, 0.15) is 38.7 Å². The van der Waals surface area contributed by atoms with E-state index in [0.29, 0.717) is 18.2 Å². The van der Waals surface area contributed by atoms with E-state index in [0.717, 1.165) is 35.9 Å². The molecule has 0 spiro atoms. The first kappa shape index (κ1) is 19.8. The van der Waals surface area contributed by atoms with Crippen molar-refractivity contribution in [3.05, 3.63) is 34.9 Å². The average molecular weight is 464 g/mol. The second-order valence-corrected chi connectivity index (χ2v) is 7.56. The molecule has 2 saturated heterocycles. The molecule has 0 aromatic heterocycles. The van der Waals surface area contributed by atoms with Crippen molar-refractivity contribution < 1.29 is 4.74 Å². The van der Waals surface area contributed by atoms with Crippen LogP contribution < -0.4 is 10.6 Å². The number of hydrogen-bond acceptors (Lipinski definition) is 2. The monoisotopic (exact) mass is 463 g/mol. The maximum Gasteiger partial charge on any atom is 0.191 e. The molecular formula is C18H27ClIN3O. The topological polar surface area (TPSA) is 45.7 Å². The van der Waals surface area contributed by atoms with Gasteiger partial charge in [-0.05, 0) is 30.9 Å². The standard InChI is InChI=1S/C18H26ClN3O.HI/c1-18(2,13-6-4-5-7-14(13)19)11-21-17(20-3)22-15-10-12-8-9-16(15)23-12;/h4-7,12,15-16H,8-11H2,1-3H3,(H2,20,21,22);1H. The van der Waals surface area contributed by atoms with Crippen molar-refractivity contribution >= 4 is 41.5 Å². The van der Waals surface area contributed by atoms with Gasteiger partial charge in [-0.15, -0.1) is 24.0 Å². The highest BCUT2D eigenvalue weighted by Crippen LogP contribution is 2.34. The number of halogens is 2. The number of nitrogens with one attached hydrogen (secondary N) is 2. The number of benzene rings is 1.